The molecule has 0 atom stereocenters. The molecule has 1 aromatic heterocycles. The molecule has 0 aliphatic heterocycles. The lowest BCUT2D eigenvalue weighted by atomic mass is 10.1. The van der Waals surface area contributed by atoms with Crippen LogP contribution in [0.4, 0.5) is 10.1 Å². The molecule has 2 N–H and O–H groups in total. The van der Waals surface area contributed by atoms with Gasteiger partial charge in [-0.15, -0.1) is 0 Å². The molecule has 118 valence electrons. The van der Waals surface area contributed by atoms with Crippen molar-refractivity contribution >= 4 is 22.5 Å². The number of carbonyl (C=O) groups is 1. The van der Waals surface area contributed by atoms with Gasteiger partial charge in [0.25, 0.3) is 0 Å². The summed E-state index contributed by atoms with van der Waals surface area (Å²) >= 11 is 0. The third-order valence-corrected chi connectivity index (χ3v) is 3.48. The summed E-state index contributed by atoms with van der Waals surface area (Å²) in [6.07, 6.45) is 1.77. The van der Waals surface area contributed by atoms with Gasteiger partial charge >= 0.3 is 0 Å². The van der Waals surface area contributed by atoms with Gasteiger partial charge in [0.2, 0.25) is 5.91 Å². The fourth-order valence-corrected chi connectivity index (χ4v) is 2.46. The second-order valence-electron chi connectivity index (χ2n) is 5.52. The number of fused-ring (bicyclic) bond motifs is 1. The van der Waals surface area contributed by atoms with Gasteiger partial charge in [0.05, 0.1) is 18.3 Å². The number of likely N-dealkylation sites (N-methyl/N-ethyl adjacent to an activating group) is 1. The van der Waals surface area contributed by atoms with Gasteiger partial charge in [0.1, 0.15) is 5.82 Å². The van der Waals surface area contributed by atoms with Gasteiger partial charge in [0, 0.05) is 17.6 Å². The number of hydrogen-bond donors (Lipinski definition) is 2. The maximum absolute atomic E-state index is 13.1. The SMILES string of the molecule is CN(CC(=O)Nc1cccc(F)c1)Cc1ccc2cn[nH]c2c1. The van der Waals surface area contributed by atoms with Crippen LogP contribution in [-0.2, 0) is 11.3 Å². The van der Waals surface area contributed by atoms with E-state index in [1.54, 1.807) is 18.3 Å². The highest BCUT2D eigenvalue weighted by Crippen LogP contribution is 2.14. The summed E-state index contributed by atoms with van der Waals surface area (Å²) < 4.78 is 13.1. The number of anilines is 1. The lowest BCUT2D eigenvalue weighted by Crippen LogP contribution is -2.29. The molecule has 0 radical (unpaired) electrons. The zero-order chi connectivity index (χ0) is 16.2. The predicted octanol–water partition coefficient (Wildman–Crippen LogP) is 2.77. The summed E-state index contributed by atoms with van der Waals surface area (Å²) in [5.74, 6) is -0.551. The van der Waals surface area contributed by atoms with E-state index in [4.69, 9.17) is 0 Å². The standard InChI is InChI=1S/C17H17FN4O/c1-22(10-12-5-6-13-9-19-21-16(13)7-12)11-17(23)20-15-4-2-3-14(18)8-15/h2-9H,10-11H2,1H3,(H,19,21)(H,20,23). The number of hydrogen-bond acceptors (Lipinski definition) is 3. The van der Waals surface area contributed by atoms with E-state index < -0.39 is 0 Å². The molecule has 1 amide bonds. The van der Waals surface area contributed by atoms with Crippen molar-refractivity contribution in [1.82, 2.24) is 15.1 Å². The maximum Gasteiger partial charge on any atom is 0.238 e. The molecule has 3 aromatic rings. The minimum Gasteiger partial charge on any atom is -0.325 e. The molecule has 0 bridgehead atoms. The minimum absolute atomic E-state index is 0.180. The fraction of sp³-hybridized carbons (Fsp3) is 0.176. The van der Waals surface area contributed by atoms with E-state index >= 15 is 0 Å². The number of nitrogens with one attached hydrogen (secondary N) is 2. The van der Waals surface area contributed by atoms with Gasteiger partial charge in [0.15, 0.2) is 0 Å². The number of amides is 1. The second-order valence-corrected chi connectivity index (χ2v) is 5.52. The Bertz CT molecular complexity index is 830. The molecule has 3 rings (SSSR count). The molecule has 23 heavy (non-hydrogen) atoms. The molecule has 0 saturated carbocycles. The van der Waals surface area contributed by atoms with Crippen LogP contribution in [0.5, 0.6) is 0 Å². The van der Waals surface area contributed by atoms with Gasteiger partial charge in [-0.1, -0.05) is 18.2 Å². The van der Waals surface area contributed by atoms with Crippen LogP contribution in [0.2, 0.25) is 0 Å². The molecule has 2 aromatic carbocycles. The van der Waals surface area contributed by atoms with Crippen LogP contribution in [-0.4, -0.2) is 34.6 Å². The lowest BCUT2D eigenvalue weighted by Gasteiger charge is -2.16. The molecule has 0 aliphatic rings. The second kappa shape index (κ2) is 6.58. The number of aromatic amines is 1. The van der Waals surface area contributed by atoms with Gasteiger partial charge in [-0.05, 0) is 36.9 Å². The molecule has 6 heteroatoms. The van der Waals surface area contributed by atoms with Gasteiger partial charge in [-0.2, -0.15) is 5.10 Å². The van der Waals surface area contributed by atoms with E-state index in [0.29, 0.717) is 12.2 Å². The number of nitrogens with zero attached hydrogens (tertiary/aromatic N) is 2. The molecule has 1 heterocycles. The molecule has 5 nitrogen and oxygen atoms in total. The molecule has 0 unspecified atom stereocenters. The summed E-state index contributed by atoms with van der Waals surface area (Å²) in [6, 6.07) is 11.9. The molecule has 0 fully saturated rings. The Balaban J connectivity index is 1.57. The zero-order valence-electron chi connectivity index (χ0n) is 12.7. The van der Waals surface area contributed by atoms with Crippen molar-refractivity contribution in [2.24, 2.45) is 0 Å². The van der Waals surface area contributed by atoms with Crippen LogP contribution < -0.4 is 5.32 Å². The molecule has 0 aliphatic carbocycles. The highest BCUT2D eigenvalue weighted by Gasteiger charge is 2.08. The number of H-pyrrole nitrogens is 1. The molecular formula is C17H17FN4O. The van der Waals surface area contributed by atoms with Crippen molar-refractivity contribution in [2.75, 3.05) is 18.9 Å². The van der Waals surface area contributed by atoms with Crippen LogP contribution in [0.25, 0.3) is 10.9 Å². The van der Waals surface area contributed by atoms with Crippen LogP contribution in [0, 0.1) is 5.82 Å². The maximum atomic E-state index is 13.1. The number of aromatic nitrogens is 2. The highest BCUT2D eigenvalue weighted by molar-refractivity contribution is 5.92. The van der Waals surface area contributed by atoms with E-state index in [2.05, 4.69) is 15.5 Å². The van der Waals surface area contributed by atoms with Crippen molar-refractivity contribution < 1.29 is 9.18 Å². The van der Waals surface area contributed by atoms with Gasteiger partial charge < -0.3 is 5.32 Å². The normalized spacial score (nSPS) is 11.1. The van der Waals surface area contributed by atoms with Crippen molar-refractivity contribution in [3.63, 3.8) is 0 Å². The number of benzene rings is 2. The largest absolute Gasteiger partial charge is 0.325 e. The summed E-state index contributed by atoms with van der Waals surface area (Å²) in [7, 11) is 1.86. The summed E-state index contributed by atoms with van der Waals surface area (Å²) in [6.45, 7) is 0.850. The average Bonchev–Trinajstić information content (AvgIpc) is 2.94. The summed E-state index contributed by atoms with van der Waals surface area (Å²) in [4.78, 5) is 13.9. The average molecular weight is 312 g/mol. The Kier molecular flexibility index (Phi) is 4.34. The summed E-state index contributed by atoms with van der Waals surface area (Å²) in [5.41, 5.74) is 2.52. The van der Waals surface area contributed by atoms with Crippen LogP contribution in [0.1, 0.15) is 5.56 Å². The van der Waals surface area contributed by atoms with E-state index in [1.165, 1.54) is 12.1 Å². The first-order valence-electron chi connectivity index (χ1n) is 7.26. The first-order valence-corrected chi connectivity index (χ1v) is 7.26. The van der Waals surface area contributed by atoms with E-state index in [1.807, 2.05) is 30.1 Å². The van der Waals surface area contributed by atoms with Crippen molar-refractivity contribution in [3.05, 3.63) is 60.0 Å². The molecule has 0 saturated heterocycles. The van der Waals surface area contributed by atoms with E-state index in [0.717, 1.165) is 16.5 Å². The molecular weight excluding hydrogens is 295 g/mol. The number of rotatable bonds is 5. The third kappa shape index (κ3) is 3.92. The highest BCUT2D eigenvalue weighted by atomic mass is 19.1. The topological polar surface area (TPSA) is 61.0 Å². The first kappa shape index (κ1) is 15.2. The van der Waals surface area contributed by atoms with Crippen molar-refractivity contribution in [1.29, 1.82) is 0 Å². The van der Waals surface area contributed by atoms with E-state index in [9.17, 15) is 9.18 Å². The van der Waals surface area contributed by atoms with Gasteiger partial charge in [-0.25, -0.2) is 4.39 Å². The van der Waals surface area contributed by atoms with Crippen LogP contribution >= 0.6 is 0 Å². The minimum atomic E-state index is -0.371. The van der Waals surface area contributed by atoms with Crippen molar-refractivity contribution in [2.45, 2.75) is 6.54 Å². The monoisotopic (exact) mass is 312 g/mol. The smallest absolute Gasteiger partial charge is 0.238 e. The Morgan fingerprint density at radius 3 is 3.00 bits per heavy atom. The lowest BCUT2D eigenvalue weighted by molar-refractivity contribution is -0.117. The van der Waals surface area contributed by atoms with Crippen molar-refractivity contribution in [3.8, 4) is 0 Å². The van der Waals surface area contributed by atoms with Gasteiger partial charge in [-0.3, -0.25) is 14.8 Å². The predicted molar refractivity (Wildman–Crippen MR) is 87.5 cm³/mol. The zero-order valence-corrected chi connectivity index (χ0v) is 12.7. The Morgan fingerprint density at radius 2 is 2.17 bits per heavy atom. The Labute approximate surface area is 133 Å². The Hall–Kier alpha value is -2.73. The number of halogens is 1. The first-order chi connectivity index (χ1) is 11.1. The van der Waals surface area contributed by atoms with Crippen LogP contribution in [0.15, 0.2) is 48.7 Å². The number of carbonyl (C=O) groups excluding carboxylic acids is 1. The van der Waals surface area contributed by atoms with E-state index in [-0.39, 0.29) is 18.3 Å². The molecule has 0 spiro atoms. The fourth-order valence-electron chi connectivity index (χ4n) is 2.46. The Morgan fingerprint density at radius 1 is 1.30 bits per heavy atom. The third-order valence-electron chi connectivity index (χ3n) is 3.48. The quantitative estimate of drug-likeness (QED) is 0.761. The van der Waals surface area contributed by atoms with Crippen LogP contribution in [0.3, 0.4) is 0 Å². The summed E-state index contributed by atoms with van der Waals surface area (Å²) in [5, 5.41) is 10.7.